The summed E-state index contributed by atoms with van der Waals surface area (Å²) in [6.45, 7) is 0.717. The summed E-state index contributed by atoms with van der Waals surface area (Å²) in [5.41, 5.74) is 4.55. The summed E-state index contributed by atoms with van der Waals surface area (Å²) < 4.78 is 3.61. The lowest BCUT2D eigenvalue weighted by Gasteiger charge is -2.09. The minimum atomic E-state index is -0.220. The third kappa shape index (κ3) is 5.74. The van der Waals surface area contributed by atoms with Gasteiger partial charge in [-0.2, -0.15) is 5.10 Å². The Morgan fingerprint density at radius 3 is 2.44 bits per heavy atom. The van der Waals surface area contributed by atoms with Gasteiger partial charge in [-0.25, -0.2) is 9.67 Å². The smallest absolute Gasteiger partial charge is 0.255 e. The number of anilines is 2. The highest BCUT2D eigenvalue weighted by molar-refractivity contribution is 6.04. The fourth-order valence-electron chi connectivity index (χ4n) is 3.79. The van der Waals surface area contributed by atoms with E-state index in [2.05, 4.69) is 20.7 Å². The maximum absolute atomic E-state index is 12.9. The topological polar surface area (TPSA) is 93.8 Å². The Hall–Kier alpha value is -4.98. The number of nitrogens with one attached hydrogen (secondary N) is 2. The minimum Gasteiger partial charge on any atom is -0.333 e. The summed E-state index contributed by atoms with van der Waals surface area (Å²) in [4.78, 5) is 29.2. The van der Waals surface area contributed by atoms with Crippen LogP contribution in [0, 0.1) is 0 Å². The second kappa shape index (κ2) is 10.5. The first kappa shape index (κ1) is 22.8. The van der Waals surface area contributed by atoms with Gasteiger partial charge in [0.15, 0.2) is 0 Å². The second-order valence-electron chi connectivity index (χ2n) is 8.32. The molecule has 0 radical (unpaired) electrons. The number of carbonyl (C=O) groups excluding carboxylic acids is 2. The molecule has 8 heteroatoms. The van der Waals surface area contributed by atoms with Crippen LogP contribution in [-0.4, -0.2) is 31.1 Å². The molecule has 0 aliphatic rings. The zero-order chi connectivity index (χ0) is 24.7. The van der Waals surface area contributed by atoms with E-state index >= 15 is 0 Å². The van der Waals surface area contributed by atoms with Gasteiger partial charge in [-0.1, -0.05) is 48.5 Å². The molecule has 0 fully saturated rings. The van der Waals surface area contributed by atoms with Crippen molar-refractivity contribution < 1.29 is 9.59 Å². The lowest BCUT2D eigenvalue weighted by atomic mass is 10.1. The Balaban J connectivity index is 1.21. The molecule has 0 aliphatic heterocycles. The molecule has 5 rings (SSSR count). The molecule has 8 nitrogen and oxygen atoms in total. The van der Waals surface area contributed by atoms with Crippen molar-refractivity contribution in [3.63, 3.8) is 0 Å². The van der Waals surface area contributed by atoms with Gasteiger partial charge in [-0.3, -0.25) is 9.59 Å². The first-order valence-electron chi connectivity index (χ1n) is 11.5. The van der Waals surface area contributed by atoms with Crippen LogP contribution in [0.1, 0.15) is 21.5 Å². The molecule has 36 heavy (non-hydrogen) atoms. The standard InChI is InChI=1S/C28H24N6O2/c35-27(15-21-5-2-1-3-6-21)31-25-17-30-34(19-25)26-8-4-7-23(16-26)28(36)32-24-11-9-22(10-12-24)18-33-14-13-29-20-33/h1-14,16-17,19-20H,15,18H2,(H,31,35)(H,32,36). The Morgan fingerprint density at radius 1 is 0.833 bits per heavy atom. The fraction of sp³-hybridized carbons (Fsp3) is 0.0714. The predicted molar refractivity (Wildman–Crippen MR) is 138 cm³/mol. The number of hydrogen-bond donors (Lipinski definition) is 2. The van der Waals surface area contributed by atoms with Gasteiger partial charge in [0.1, 0.15) is 0 Å². The highest BCUT2D eigenvalue weighted by Crippen LogP contribution is 2.16. The molecule has 0 bridgehead atoms. The molecular weight excluding hydrogens is 452 g/mol. The van der Waals surface area contributed by atoms with Crippen LogP contribution in [0.3, 0.4) is 0 Å². The largest absolute Gasteiger partial charge is 0.333 e. The lowest BCUT2D eigenvalue weighted by Crippen LogP contribution is -2.14. The molecule has 2 amide bonds. The molecule has 0 saturated heterocycles. The zero-order valence-corrected chi connectivity index (χ0v) is 19.4. The van der Waals surface area contributed by atoms with Crippen molar-refractivity contribution in [2.45, 2.75) is 13.0 Å². The number of carbonyl (C=O) groups is 2. The van der Waals surface area contributed by atoms with Crippen molar-refractivity contribution in [3.05, 3.63) is 127 Å². The summed E-state index contributed by atoms with van der Waals surface area (Å²) in [6.07, 6.45) is 9.01. The first-order chi connectivity index (χ1) is 17.6. The quantitative estimate of drug-likeness (QED) is 0.344. The van der Waals surface area contributed by atoms with Gasteiger partial charge in [-0.15, -0.1) is 0 Å². The van der Waals surface area contributed by atoms with Crippen LogP contribution in [0.25, 0.3) is 5.69 Å². The Labute approximate surface area is 208 Å². The van der Waals surface area contributed by atoms with Gasteiger partial charge in [0.25, 0.3) is 5.91 Å². The van der Waals surface area contributed by atoms with E-state index in [1.54, 1.807) is 47.8 Å². The predicted octanol–water partition coefficient (Wildman–Crippen LogP) is 4.55. The van der Waals surface area contributed by atoms with E-state index in [-0.39, 0.29) is 18.2 Å². The zero-order valence-electron chi connectivity index (χ0n) is 19.4. The van der Waals surface area contributed by atoms with Crippen LogP contribution in [0.4, 0.5) is 11.4 Å². The maximum Gasteiger partial charge on any atom is 0.255 e. The van der Waals surface area contributed by atoms with Crippen LogP contribution in [0.5, 0.6) is 0 Å². The number of rotatable bonds is 8. The second-order valence-corrected chi connectivity index (χ2v) is 8.32. The highest BCUT2D eigenvalue weighted by atomic mass is 16.2. The van der Waals surface area contributed by atoms with Gasteiger partial charge in [0.05, 0.1) is 36.5 Å². The molecule has 3 aromatic carbocycles. The third-order valence-corrected chi connectivity index (χ3v) is 5.58. The monoisotopic (exact) mass is 476 g/mol. The molecule has 0 unspecified atom stereocenters. The van der Waals surface area contributed by atoms with E-state index in [1.807, 2.05) is 71.4 Å². The van der Waals surface area contributed by atoms with E-state index in [4.69, 9.17) is 0 Å². The molecule has 178 valence electrons. The first-order valence-corrected chi connectivity index (χ1v) is 11.5. The molecule has 0 saturated carbocycles. The molecule has 0 aliphatic carbocycles. The van der Waals surface area contributed by atoms with Gasteiger partial charge in [0.2, 0.25) is 5.91 Å². The maximum atomic E-state index is 12.9. The van der Waals surface area contributed by atoms with Crippen LogP contribution in [0.15, 0.2) is 110 Å². The number of imidazole rings is 1. The van der Waals surface area contributed by atoms with Gasteiger partial charge in [-0.05, 0) is 41.5 Å². The summed E-state index contributed by atoms with van der Waals surface area (Å²) in [7, 11) is 0. The van der Waals surface area contributed by atoms with Gasteiger partial charge >= 0.3 is 0 Å². The summed E-state index contributed by atoms with van der Waals surface area (Å²) in [5.74, 6) is -0.340. The van der Waals surface area contributed by atoms with Crippen molar-refractivity contribution in [3.8, 4) is 5.69 Å². The molecule has 0 spiro atoms. The molecule has 2 heterocycles. The van der Waals surface area contributed by atoms with Gasteiger partial charge < -0.3 is 15.2 Å². The number of hydrogen-bond acceptors (Lipinski definition) is 4. The summed E-state index contributed by atoms with van der Waals surface area (Å²) in [6, 6.07) is 24.4. The van der Waals surface area contributed by atoms with Crippen molar-refractivity contribution in [1.82, 2.24) is 19.3 Å². The Bertz CT molecular complexity index is 1460. The van der Waals surface area contributed by atoms with E-state index < -0.39 is 0 Å². The fourth-order valence-corrected chi connectivity index (χ4v) is 3.79. The summed E-state index contributed by atoms with van der Waals surface area (Å²) in [5, 5.41) is 10.1. The van der Waals surface area contributed by atoms with Crippen molar-refractivity contribution in [2.24, 2.45) is 0 Å². The molecule has 2 aromatic heterocycles. The van der Waals surface area contributed by atoms with Crippen LogP contribution < -0.4 is 10.6 Å². The van der Waals surface area contributed by atoms with Crippen molar-refractivity contribution >= 4 is 23.2 Å². The number of benzene rings is 3. The van der Waals surface area contributed by atoms with Crippen LogP contribution in [-0.2, 0) is 17.8 Å². The van der Waals surface area contributed by atoms with E-state index in [0.29, 0.717) is 22.6 Å². The molecule has 5 aromatic rings. The average Bonchev–Trinajstić information content (AvgIpc) is 3.58. The minimum absolute atomic E-state index is 0.120. The SMILES string of the molecule is O=C(Cc1ccccc1)Nc1cnn(-c2cccc(C(=O)Nc3ccc(Cn4ccnc4)cc3)c2)c1. The molecule has 0 atom stereocenters. The average molecular weight is 477 g/mol. The van der Waals surface area contributed by atoms with E-state index in [0.717, 1.165) is 17.7 Å². The highest BCUT2D eigenvalue weighted by Gasteiger charge is 2.10. The van der Waals surface area contributed by atoms with Gasteiger partial charge in [0, 0.05) is 30.2 Å². The van der Waals surface area contributed by atoms with Crippen LogP contribution in [0.2, 0.25) is 0 Å². The molecule has 2 N–H and O–H groups in total. The van der Waals surface area contributed by atoms with Crippen molar-refractivity contribution in [2.75, 3.05) is 10.6 Å². The summed E-state index contributed by atoms with van der Waals surface area (Å²) >= 11 is 0. The third-order valence-electron chi connectivity index (χ3n) is 5.58. The normalized spacial score (nSPS) is 10.7. The number of amides is 2. The number of aromatic nitrogens is 4. The van der Waals surface area contributed by atoms with E-state index in [1.165, 1.54) is 0 Å². The number of nitrogens with zero attached hydrogens (tertiary/aromatic N) is 4. The molecular formula is C28H24N6O2. The lowest BCUT2D eigenvalue weighted by molar-refractivity contribution is -0.115. The Morgan fingerprint density at radius 2 is 1.67 bits per heavy atom. The van der Waals surface area contributed by atoms with Crippen molar-refractivity contribution in [1.29, 1.82) is 0 Å². The van der Waals surface area contributed by atoms with E-state index in [9.17, 15) is 9.59 Å². The Kier molecular flexibility index (Phi) is 6.66. The van der Waals surface area contributed by atoms with Crippen LogP contribution >= 0.6 is 0 Å².